The van der Waals surface area contributed by atoms with Crippen molar-refractivity contribution in [3.8, 4) is 17.2 Å². The van der Waals surface area contributed by atoms with Crippen molar-refractivity contribution in [1.29, 1.82) is 0 Å². The molecule has 0 spiro atoms. The summed E-state index contributed by atoms with van der Waals surface area (Å²) in [4.78, 5) is 39.2. The lowest BCUT2D eigenvalue weighted by Crippen LogP contribution is -2.54. The molecule has 10 heteroatoms. The van der Waals surface area contributed by atoms with Crippen LogP contribution in [0.5, 0.6) is 17.2 Å². The number of amides is 4. The highest BCUT2D eigenvalue weighted by Gasteiger charge is 2.37. The molecule has 2 aliphatic heterocycles. The van der Waals surface area contributed by atoms with E-state index < -0.39 is 17.8 Å². The third kappa shape index (κ3) is 4.74. The van der Waals surface area contributed by atoms with Gasteiger partial charge in [-0.1, -0.05) is 29.8 Å². The van der Waals surface area contributed by atoms with Gasteiger partial charge in [0.2, 0.25) is 6.79 Å². The average Bonchev–Trinajstić information content (AvgIpc) is 3.30. The van der Waals surface area contributed by atoms with Gasteiger partial charge in [0, 0.05) is 6.07 Å². The average molecular weight is 614 g/mol. The van der Waals surface area contributed by atoms with E-state index >= 15 is 0 Å². The number of fused-ring (bicyclic) bond motifs is 1. The lowest BCUT2D eigenvalue weighted by Gasteiger charge is -2.26. The molecule has 0 unspecified atom stereocenters. The number of anilines is 1. The quantitative estimate of drug-likeness (QED) is 0.302. The molecule has 0 aliphatic carbocycles. The molecule has 4 amide bonds. The van der Waals surface area contributed by atoms with Crippen LogP contribution in [-0.2, 0) is 16.2 Å². The Labute approximate surface area is 223 Å². The number of urea groups is 1. The van der Waals surface area contributed by atoms with Gasteiger partial charge in [0.15, 0.2) is 11.5 Å². The molecule has 0 aromatic heterocycles. The van der Waals surface area contributed by atoms with Crippen molar-refractivity contribution in [3.05, 3.63) is 85.8 Å². The summed E-state index contributed by atoms with van der Waals surface area (Å²) in [5, 5.41) is 2.22. The fourth-order valence-electron chi connectivity index (χ4n) is 3.72. The Balaban J connectivity index is 1.40. The number of carbonyl (C=O) groups is 3. The molecule has 0 saturated carbocycles. The van der Waals surface area contributed by atoms with E-state index in [0.29, 0.717) is 38.4 Å². The highest BCUT2D eigenvalue weighted by atomic mass is 79.9. The summed E-state index contributed by atoms with van der Waals surface area (Å²) in [7, 11) is 0. The van der Waals surface area contributed by atoms with Crippen molar-refractivity contribution in [1.82, 2.24) is 5.32 Å². The van der Waals surface area contributed by atoms with Crippen LogP contribution in [0.4, 0.5) is 10.5 Å². The van der Waals surface area contributed by atoms with E-state index in [-0.39, 0.29) is 18.1 Å². The second kappa shape index (κ2) is 9.79. The third-order valence-electron chi connectivity index (χ3n) is 5.55. The molecule has 36 heavy (non-hydrogen) atoms. The lowest BCUT2D eigenvalue weighted by atomic mass is 10.1. The fourth-order valence-corrected chi connectivity index (χ4v) is 5.17. The summed E-state index contributed by atoms with van der Waals surface area (Å²) in [6, 6.07) is 15.3. The van der Waals surface area contributed by atoms with Crippen LogP contribution in [0.15, 0.2) is 69.1 Å². The van der Waals surface area contributed by atoms with Crippen molar-refractivity contribution in [2.45, 2.75) is 13.5 Å². The molecule has 2 heterocycles. The zero-order valence-electron chi connectivity index (χ0n) is 18.8. The van der Waals surface area contributed by atoms with Gasteiger partial charge < -0.3 is 14.2 Å². The van der Waals surface area contributed by atoms with E-state index in [9.17, 15) is 14.4 Å². The maximum atomic E-state index is 13.2. The molecule has 2 aliphatic rings. The number of hydrogen-bond donors (Lipinski definition) is 1. The highest BCUT2D eigenvalue weighted by molar-refractivity contribution is 9.11. The zero-order valence-corrected chi connectivity index (χ0v) is 22.0. The Morgan fingerprint density at radius 1 is 0.972 bits per heavy atom. The van der Waals surface area contributed by atoms with Crippen LogP contribution in [0, 0.1) is 6.92 Å². The van der Waals surface area contributed by atoms with Crippen LogP contribution >= 0.6 is 31.9 Å². The van der Waals surface area contributed by atoms with Gasteiger partial charge in [-0.2, -0.15) is 0 Å². The zero-order chi connectivity index (χ0) is 25.4. The number of halogens is 2. The number of imide groups is 2. The minimum absolute atomic E-state index is 0.0526. The van der Waals surface area contributed by atoms with E-state index in [1.165, 1.54) is 17.7 Å². The van der Waals surface area contributed by atoms with Crippen molar-refractivity contribution >= 4 is 61.5 Å². The van der Waals surface area contributed by atoms with Crippen molar-refractivity contribution in [2.75, 3.05) is 11.7 Å². The Morgan fingerprint density at radius 3 is 2.39 bits per heavy atom. The summed E-state index contributed by atoms with van der Waals surface area (Å²) in [6.07, 6.45) is 1.42. The molecular weight excluding hydrogens is 596 g/mol. The van der Waals surface area contributed by atoms with E-state index in [2.05, 4.69) is 37.2 Å². The standard InChI is InChI=1S/C26H18Br2N2O6/c1-14-2-4-15(5-3-14)12-34-23-19(27)9-16(10-20(23)28)8-18-24(31)29-26(33)30(25(18)32)17-6-7-21-22(11-17)36-13-35-21/h2-11H,12-13H2,1H3,(H,29,31,33)/b18-8+. The summed E-state index contributed by atoms with van der Waals surface area (Å²) >= 11 is 7.01. The molecule has 8 nitrogen and oxygen atoms in total. The first-order valence-electron chi connectivity index (χ1n) is 10.8. The number of nitrogens with one attached hydrogen (secondary N) is 1. The second-order valence-electron chi connectivity index (χ2n) is 8.08. The monoisotopic (exact) mass is 612 g/mol. The number of barbiturate groups is 1. The normalized spacial score (nSPS) is 15.9. The van der Waals surface area contributed by atoms with Crippen LogP contribution < -0.4 is 24.4 Å². The van der Waals surface area contributed by atoms with E-state index in [1.807, 2.05) is 31.2 Å². The van der Waals surface area contributed by atoms with Gasteiger partial charge in [-0.05, 0) is 80.3 Å². The van der Waals surface area contributed by atoms with Crippen molar-refractivity contribution in [3.63, 3.8) is 0 Å². The number of ether oxygens (including phenoxy) is 3. The Hall–Kier alpha value is -3.63. The first kappa shape index (κ1) is 24.1. The van der Waals surface area contributed by atoms with Gasteiger partial charge in [-0.3, -0.25) is 14.9 Å². The van der Waals surface area contributed by atoms with Crippen molar-refractivity contribution in [2.24, 2.45) is 0 Å². The maximum absolute atomic E-state index is 13.2. The molecule has 3 aromatic carbocycles. The van der Waals surface area contributed by atoms with Crippen LogP contribution in [0.1, 0.15) is 16.7 Å². The third-order valence-corrected chi connectivity index (χ3v) is 6.73. The largest absolute Gasteiger partial charge is 0.487 e. The van der Waals surface area contributed by atoms with Gasteiger partial charge in [0.05, 0.1) is 14.6 Å². The number of rotatable bonds is 5. The van der Waals surface area contributed by atoms with Crippen molar-refractivity contribution < 1.29 is 28.6 Å². The fraction of sp³-hybridized carbons (Fsp3) is 0.115. The van der Waals surface area contributed by atoms with Crippen LogP contribution in [0.3, 0.4) is 0 Å². The SMILES string of the molecule is Cc1ccc(COc2c(Br)cc(/C=C3\C(=O)NC(=O)N(c4ccc5c(c4)OCO5)C3=O)cc2Br)cc1. The summed E-state index contributed by atoms with van der Waals surface area (Å²) in [5.41, 5.74) is 2.79. The van der Waals surface area contributed by atoms with E-state index in [4.69, 9.17) is 14.2 Å². The molecule has 0 bridgehead atoms. The first-order valence-corrected chi connectivity index (χ1v) is 12.4. The molecule has 182 valence electrons. The molecule has 0 atom stereocenters. The first-order chi connectivity index (χ1) is 17.3. The maximum Gasteiger partial charge on any atom is 0.335 e. The molecule has 3 aromatic rings. The van der Waals surface area contributed by atoms with Gasteiger partial charge in [0.1, 0.15) is 17.9 Å². The van der Waals surface area contributed by atoms with E-state index in [1.54, 1.807) is 24.3 Å². The smallest absolute Gasteiger partial charge is 0.335 e. The summed E-state index contributed by atoms with van der Waals surface area (Å²) < 4.78 is 17.8. The van der Waals surface area contributed by atoms with E-state index in [0.717, 1.165) is 10.5 Å². The van der Waals surface area contributed by atoms with Crippen LogP contribution in [0.25, 0.3) is 6.08 Å². The molecule has 0 radical (unpaired) electrons. The second-order valence-corrected chi connectivity index (χ2v) is 9.79. The molecular formula is C26H18Br2N2O6. The highest BCUT2D eigenvalue weighted by Crippen LogP contribution is 2.38. The van der Waals surface area contributed by atoms with Gasteiger partial charge in [-0.25, -0.2) is 9.69 Å². The Bertz CT molecular complexity index is 1410. The lowest BCUT2D eigenvalue weighted by molar-refractivity contribution is -0.122. The number of benzene rings is 3. The number of aryl methyl sites for hydroxylation is 1. The molecule has 1 N–H and O–H groups in total. The van der Waals surface area contributed by atoms with Crippen LogP contribution in [0.2, 0.25) is 0 Å². The molecule has 5 rings (SSSR count). The summed E-state index contributed by atoms with van der Waals surface area (Å²) in [6.45, 7) is 2.44. The predicted molar refractivity (Wildman–Crippen MR) is 139 cm³/mol. The number of hydrogen-bond acceptors (Lipinski definition) is 6. The predicted octanol–water partition coefficient (Wildman–Crippen LogP) is 5.49. The molecule has 1 saturated heterocycles. The topological polar surface area (TPSA) is 94.2 Å². The van der Waals surface area contributed by atoms with Gasteiger partial charge >= 0.3 is 6.03 Å². The Morgan fingerprint density at radius 2 is 1.67 bits per heavy atom. The minimum atomic E-state index is -0.844. The molecule has 1 fully saturated rings. The summed E-state index contributed by atoms with van der Waals surface area (Å²) in [5.74, 6) is -0.0442. The van der Waals surface area contributed by atoms with Crippen LogP contribution in [-0.4, -0.2) is 24.6 Å². The minimum Gasteiger partial charge on any atom is -0.487 e. The number of carbonyl (C=O) groups excluding carboxylic acids is 3. The van der Waals surface area contributed by atoms with Gasteiger partial charge in [-0.15, -0.1) is 0 Å². The number of nitrogens with zero attached hydrogens (tertiary/aromatic N) is 1. The van der Waals surface area contributed by atoms with Gasteiger partial charge in [0.25, 0.3) is 11.8 Å². The Kier molecular flexibility index (Phi) is 6.55.